The van der Waals surface area contributed by atoms with Crippen LogP contribution in [0.1, 0.15) is 46.1 Å². The fourth-order valence-electron chi connectivity index (χ4n) is 2.98. The van der Waals surface area contributed by atoms with Crippen molar-refractivity contribution in [3.8, 4) is 0 Å². The van der Waals surface area contributed by atoms with Crippen LogP contribution in [0.4, 0.5) is 0 Å². The number of carbonyl (C=O) groups excluding carboxylic acids is 1. The van der Waals surface area contributed by atoms with Gasteiger partial charge in [0.2, 0.25) is 15.9 Å². The summed E-state index contributed by atoms with van der Waals surface area (Å²) in [4.78, 5) is 16.8. The number of benzene rings is 1. The molecule has 0 unspecified atom stereocenters. The molecule has 8 nitrogen and oxygen atoms in total. The van der Waals surface area contributed by atoms with E-state index in [2.05, 4.69) is 20.9 Å². The van der Waals surface area contributed by atoms with Crippen molar-refractivity contribution in [2.45, 2.75) is 57.5 Å². The van der Waals surface area contributed by atoms with E-state index in [0.717, 1.165) is 18.4 Å². The number of nitrogens with zero attached hydrogens (tertiary/aromatic N) is 2. The summed E-state index contributed by atoms with van der Waals surface area (Å²) in [6, 6.07) is 6.83. The average Bonchev–Trinajstić information content (AvgIpc) is 3.18. The molecule has 3 N–H and O–H groups in total. The first kappa shape index (κ1) is 26.6. The van der Waals surface area contributed by atoms with E-state index in [4.69, 9.17) is 0 Å². The maximum absolute atomic E-state index is 12.6. The van der Waals surface area contributed by atoms with E-state index >= 15 is 0 Å². The molecule has 1 aromatic rings. The third-order valence-corrected chi connectivity index (χ3v) is 6.23. The number of halogens is 1. The summed E-state index contributed by atoms with van der Waals surface area (Å²) < 4.78 is 26.7. The lowest BCUT2D eigenvalue weighted by atomic mass is 10.1. The molecule has 30 heavy (non-hydrogen) atoms. The van der Waals surface area contributed by atoms with Crippen molar-refractivity contribution in [2.75, 3.05) is 26.2 Å². The molecule has 0 atom stereocenters. The van der Waals surface area contributed by atoms with E-state index in [-0.39, 0.29) is 42.0 Å². The lowest BCUT2D eigenvalue weighted by Gasteiger charge is -2.21. The SMILES string of the molecule is CCNC(=NCc1ccc(S(=O)(=O)N2CCCC2)cc1)NCC(=O)NC(C)(C)C.I. The Kier molecular flexibility index (Phi) is 10.5. The van der Waals surface area contributed by atoms with E-state index in [0.29, 0.717) is 37.0 Å². The molecule has 170 valence electrons. The van der Waals surface area contributed by atoms with Gasteiger partial charge in [-0.05, 0) is 58.2 Å². The number of aliphatic imine (C=N–C) groups is 1. The molecule has 0 aliphatic carbocycles. The highest BCUT2D eigenvalue weighted by atomic mass is 127. The van der Waals surface area contributed by atoms with E-state index in [1.54, 1.807) is 24.3 Å². The highest BCUT2D eigenvalue weighted by molar-refractivity contribution is 14.0. The third-order valence-electron chi connectivity index (χ3n) is 4.32. The van der Waals surface area contributed by atoms with Crippen molar-refractivity contribution in [2.24, 2.45) is 4.99 Å². The molecular formula is C20H34IN5O3S. The van der Waals surface area contributed by atoms with Crippen LogP contribution in [0, 0.1) is 0 Å². The molecule has 1 saturated heterocycles. The maximum Gasteiger partial charge on any atom is 0.243 e. The summed E-state index contributed by atoms with van der Waals surface area (Å²) >= 11 is 0. The standard InChI is InChI=1S/C20H33N5O3S.HI/c1-5-21-19(23-15-18(26)24-20(2,3)4)22-14-16-8-10-17(11-9-16)29(27,28)25-12-6-7-13-25;/h8-11H,5-7,12-15H2,1-4H3,(H,24,26)(H2,21,22,23);1H. The quantitative estimate of drug-likeness (QED) is 0.274. The van der Waals surface area contributed by atoms with Crippen LogP contribution in [0.3, 0.4) is 0 Å². The Morgan fingerprint density at radius 1 is 1.10 bits per heavy atom. The van der Waals surface area contributed by atoms with E-state index in [1.165, 1.54) is 4.31 Å². The molecule has 0 radical (unpaired) electrons. The van der Waals surface area contributed by atoms with Crippen molar-refractivity contribution in [1.29, 1.82) is 0 Å². The van der Waals surface area contributed by atoms with Crippen molar-refractivity contribution in [3.05, 3.63) is 29.8 Å². The van der Waals surface area contributed by atoms with Crippen LogP contribution >= 0.6 is 24.0 Å². The van der Waals surface area contributed by atoms with Gasteiger partial charge in [0.05, 0.1) is 18.0 Å². The molecular weight excluding hydrogens is 517 g/mol. The zero-order valence-electron chi connectivity index (χ0n) is 18.2. The van der Waals surface area contributed by atoms with E-state index in [1.807, 2.05) is 27.7 Å². The third kappa shape index (κ3) is 8.38. The Bertz CT molecular complexity index is 814. The number of nitrogens with one attached hydrogen (secondary N) is 3. The summed E-state index contributed by atoms with van der Waals surface area (Å²) in [7, 11) is -3.40. The average molecular weight is 551 g/mol. The van der Waals surface area contributed by atoms with E-state index in [9.17, 15) is 13.2 Å². The van der Waals surface area contributed by atoms with Crippen molar-refractivity contribution in [3.63, 3.8) is 0 Å². The minimum absolute atomic E-state index is 0. The summed E-state index contributed by atoms with van der Waals surface area (Å²) in [6.45, 7) is 10.1. The molecule has 0 aromatic heterocycles. The Labute approximate surface area is 197 Å². The number of sulfonamides is 1. The van der Waals surface area contributed by atoms with Gasteiger partial charge in [-0.1, -0.05) is 12.1 Å². The summed E-state index contributed by atoms with van der Waals surface area (Å²) in [5.41, 5.74) is 0.604. The predicted molar refractivity (Wildman–Crippen MR) is 131 cm³/mol. The van der Waals surface area contributed by atoms with Crippen molar-refractivity contribution < 1.29 is 13.2 Å². The molecule has 10 heteroatoms. The van der Waals surface area contributed by atoms with Crippen molar-refractivity contribution >= 4 is 45.9 Å². The first-order valence-electron chi connectivity index (χ1n) is 10.0. The molecule has 1 amide bonds. The topological polar surface area (TPSA) is 103 Å². The van der Waals surface area contributed by atoms with Crippen LogP contribution in [0.25, 0.3) is 0 Å². The second kappa shape index (κ2) is 11.8. The van der Waals surface area contributed by atoms with Crippen molar-refractivity contribution in [1.82, 2.24) is 20.3 Å². The summed E-state index contributed by atoms with van der Waals surface area (Å²) in [6.07, 6.45) is 1.83. The number of hydrogen-bond acceptors (Lipinski definition) is 4. The second-order valence-electron chi connectivity index (χ2n) is 8.10. The van der Waals surface area contributed by atoms with Crippen LogP contribution in [0.2, 0.25) is 0 Å². The Balaban J connectivity index is 0.00000450. The lowest BCUT2D eigenvalue weighted by Crippen LogP contribution is -2.48. The van der Waals surface area contributed by atoms with Crippen LogP contribution in [0.5, 0.6) is 0 Å². The molecule has 2 rings (SSSR count). The molecule has 1 heterocycles. The molecule has 1 fully saturated rings. The van der Waals surface area contributed by atoms with Gasteiger partial charge in [0.1, 0.15) is 0 Å². The Morgan fingerprint density at radius 2 is 1.70 bits per heavy atom. The first-order chi connectivity index (χ1) is 13.6. The van der Waals surface area contributed by atoms with Gasteiger partial charge in [-0.3, -0.25) is 4.79 Å². The highest BCUT2D eigenvalue weighted by Crippen LogP contribution is 2.21. The lowest BCUT2D eigenvalue weighted by molar-refractivity contribution is -0.121. The fourth-order valence-corrected chi connectivity index (χ4v) is 4.50. The molecule has 1 aliphatic heterocycles. The van der Waals surface area contributed by atoms with E-state index < -0.39 is 10.0 Å². The maximum atomic E-state index is 12.6. The summed E-state index contributed by atoms with van der Waals surface area (Å²) in [5, 5.41) is 9.00. The first-order valence-corrected chi connectivity index (χ1v) is 11.5. The Hall–Kier alpha value is -1.40. The van der Waals surface area contributed by atoms with Crippen LogP contribution in [0.15, 0.2) is 34.2 Å². The number of hydrogen-bond donors (Lipinski definition) is 3. The second-order valence-corrected chi connectivity index (χ2v) is 10.0. The number of carbonyl (C=O) groups is 1. The Morgan fingerprint density at radius 3 is 2.23 bits per heavy atom. The van der Waals surface area contributed by atoms with Gasteiger partial charge in [-0.25, -0.2) is 13.4 Å². The largest absolute Gasteiger partial charge is 0.357 e. The minimum Gasteiger partial charge on any atom is -0.357 e. The normalized spacial score (nSPS) is 15.4. The van der Waals surface area contributed by atoms with Gasteiger partial charge in [0, 0.05) is 25.2 Å². The molecule has 1 aromatic carbocycles. The fraction of sp³-hybridized carbons (Fsp3) is 0.600. The number of amides is 1. The molecule has 1 aliphatic rings. The number of rotatable bonds is 7. The van der Waals surface area contributed by atoms with Gasteiger partial charge in [-0.2, -0.15) is 4.31 Å². The van der Waals surface area contributed by atoms with Gasteiger partial charge in [0.15, 0.2) is 5.96 Å². The van der Waals surface area contributed by atoms with Gasteiger partial charge < -0.3 is 16.0 Å². The van der Waals surface area contributed by atoms with Gasteiger partial charge in [0.25, 0.3) is 0 Å². The molecule has 0 spiro atoms. The minimum atomic E-state index is -3.40. The highest BCUT2D eigenvalue weighted by Gasteiger charge is 2.26. The molecule has 0 saturated carbocycles. The molecule has 0 bridgehead atoms. The zero-order valence-corrected chi connectivity index (χ0v) is 21.3. The number of guanidine groups is 1. The van der Waals surface area contributed by atoms with Gasteiger partial charge >= 0.3 is 0 Å². The van der Waals surface area contributed by atoms with Crippen LogP contribution < -0.4 is 16.0 Å². The van der Waals surface area contributed by atoms with Gasteiger partial charge in [-0.15, -0.1) is 24.0 Å². The monoisotopic (exact) mass is 551 g/mol. The zero-order chi connectivity index (χ0) is 21.5. The van der Waals surface area contributed by atoms with Crippen LogP contribution in [-0.4, -0.2) is 56.3 Å². The predicted octanol–water partition coefficient (Wildman–Crippen LogP) is 2.06. The smallest absolute Gasteiger partial charge is 0.243 e. The van der Waals surface area contributed by atoms with Crippen LogP contribution in [-0.2, 0) is 21.4 Å². The summed E-state index contributed by atoms with van der Waals surface area (Å²) in [5.74, 6) is 0.421.